The molecule has 7 nitrogen and oxygen atoms in total. The average molecular weight is 343 g/mol. The highest BCUT2D eigenvalue weighted by Crippen LogP contribution is 2.30. The molecule has 130 valence electrons. The van der Waals surface area contributed by atoms with Gasteiger partial charge in [0.25, 0.3) is 5.91 Å². The van der Waals surface area contributed by atoms with E-state index in [-0.39, 0.29) is 29.2 Å². The number of halogens is 1. The fraction of sp³-hybridized carbons (Fsp3) is 0.294. The summed E-state index contributed by atoms with van der Waals surface area (Å²) in [5.41, 5.74) is 6.57. The van der Waals surface area contributed by atoms with E-state index in [2.05, 4.69) is 10.4 Å². The molecular formula is C17H18FN5O2. The number of primary amides is 1. The summed E-state index contributed by atoms with van der Waals surface area (Å²) in [4.78, 5) is 22.6. The van der Waals surface area contributed by atoms with Crippen molar-refractivity contribution in [3.05, 3.63) is 41.8 Å². The lowest BCUT2D eigenvalue weighted by molar-refractivity contribution is -0.111. The predicted molar refractivity (Wildman–Crippen MR) is 90.6 cm³/mol. The standard InChI is InChI=1S/C17H18FN5O2/c18-11-2-4-12(5-3-11)21-17-13(16(20)25)8-23(22-17)15-6-1-10(9-24)7-14(15)19/h2-5,8-10,15,19H,1,6-7H2,(H2,20,25)(H,21,22)/t10?,15-/m1/s1. The summed E-state index contributed by atoms with van der Waals surface area (Å²) in [5.74, 6) is -0.897. The minimum Gasteiger partial charge on any atom is -0.365 e. The Morgan fingerprint density at radius 2 is 2.08 bits per heavy atom. The molecule has 1 unspecified atom stereocenters. The number of carbonyl (C=O) groups excluding carboxylic acids is 2. The highest BCUT2D eigenvalue weighted by molar-refractivity contribution is 5.98. The first-order valence-electron chi connectivity index (χ1n) is 7.92. The molecule has 4 N–H and O–H groups in total. The molecule has 1 aromatic heterocycles. The van der Waals surface area contributed by atoms with Gasteiger partial charge in [-0.25, -0.2) is 4.39 Å². The second kappa shape index (κ2) is 6.84. The number of hydrogen-bond donors (Lipinski definition) is 3. The van der Waals surface area contributed by atoms with Crippen LogP contribution in [0.1, 0.15) is 35.7 Å². The van der Waals surface area contributed by atoms with Gasteiger partial charge in [0.05, 0.1) is 6.04 Å². The number of benzene rings is 1. The SMILES string of the molecule is N=C1CC(C=O)CC[C@H]1n1cc(C(N)=O)c(Nc2ccc(F)cc2)n1. The van der Waals surface area contributed by atoms with Crippen molar-refractivity contribution in [1.29, 1.82) is 5.41 Å². The fourth-order valence-corrected chi connectivity index (χ4v) is 2.97. The Morgan fingerprint density at radius 1 is 1.36 bits per heavy atom. The number of anilines is 2. The van der Waals surface area contributed by atoms with Gasteiger partial charge in [0.15, 0.2) is 5.82 Å². The molecule has 0 aliphatic heterocycles. The molecule has 1 amide bonds. The van der Waals surface area contributed by atoms with Crippen molar-refractivity contribution in [3.8, 4) is 0 Å². The van der Waals surface area contributed by atoms with Gasteiger partial charge in [-0.1, -0.05) is 0 Å². The van der Waals surface area contributed by atoms with Crippen LogP contribution in [0.15, 0.2) is 30.5 Å². The van der Waals surface area contributed by atoms with Gasteiger partial charge in [0.1, 0.15) is 17.7 Å². The van der Waals surface area contributed by atoms with Crippen LogP contribution in [0.2, 0.25) is 0 Å². The van der Waals surface area contributed by atoms with E-state index < -0.39 is 5.91 Å². The van der Waals surface area contributed by atoms with Gasteiger partial charge in [0, 0.05) is 23.5 Å². The van der Waals surface area contributed by atoms with Crippen molar-refractivity contribution in [2.45, 2.75) is 25.3 Å². The number of aromatic nitrogens is 2. The zero-order valence-electron chi connectivity index (χ0n) is 13.4. The number of rotatable bonds is 5. The molecule has 0 saturated heterocycles. The number of aldehydes is 1. The van der Waals surface area contributed by atoms with Crippen LogP contribution in [0.4, 0.5) is 15.9 Å². The summed E-state index contributed by atoms with van der Waals surface area (Å²) in [6.07, 6.45) is 4.04. The molecule has 2 aromatic rings. The van der Waals surface area contributed by atoms with Crippen molar-refractivity contribution in [1.82, 2.24) is 9.78 Å². The zero-order valence-corrected chi connectivity index (χ0v) is 13.4. The van der Waals surface area contributed by atoms with Crippen LogP contribution >= 0.6 is 0 Å². The Labute approximate surface area is 143 Å². The second-order valence-electron chi connectivity index (χ2n) is 6.09. The molecule has 8 heteroatoms. The first-order valence-corrected chi connectivity index (χ1v) is 7.92. The highest BCUT2D eigenvalue weighted by atomic mass is 19.1. The summed E-state index contributed by atoms with van der Waals surface area (Å²) in [7, 11) is 0. The molecule has 1 aliphatic carbocycles. The number of nitrogens with zero attached hydrogens (tertiary/aromatic N) is 2. The third-order valence-electron chi connectivity index (χ3n) is 4.31. The average Bonchev–Trinajstić information content (AvgIpc) is 3.00. The van der Waals surface area contributed by atoms with Crippen LogP contribution in [-0.2, 0) is 4.79 Å². The normalized spacial score (nSPS) is 20.3. The van der Waals surface area contributed by atoms with Gasteiger partial charge in [-0.05, 0) is 43.5 Å². The lowest BCUT2D eigenvalue weighted by Crippen LogP contribution is -2.28. The Balaban J connectivity index is 1.87. The van der Waals surface area contributed by atoms with E-state index in [4.69, 9.17) is 11.1 Å². The Kier molecular flexibility index (Phi) is 4.60. The molecular weight excluding hydrogens is 325 g/mol. The maximum Gasteiger partial charge on any atom is 0.254 e. The quantitative estimate of drug-likeness (QED) is 0.723. The number of carbonyl (C=O) groups is 2. The van der Waals surface area contributed by atoms with Crippen molar-refractivity contribution in [2.24, 2.45) is 11.7 Å². The van der Waals surface area contributed by atoms with Crippen molar-refractivity contribution in [3.63, 3.8) is 0 Å². The smallest absolute Gasteiger partial charge is 0.254 e. The van der Waals surface area contributed by atoms with Crippen LogP contribution in [-0.4, -0.2) is 27.7 Å². The number of nitrogens with one attached hydrogen (secondary N) is 2. The Morgan fingerprint density at radius 3 is 2.68 bits per heavy atom. The first-order chi connectivity index (χ1) is 12.0. The van der Waals surface area contributed by atoms with Crippen LogP contribution in [0.25, 0.3) is 0 Å². The number of hydrogen-bond acceptors (Lipinski definition) is 5. The van der Waals surface area contributed by atoms with Crippen molar-refractivity contribution < 1.29 is 14.0 Å². The van der Waals surface area contributed by atoms with E-state index in [1.807, 2.05) is 0 Å². The van der Waals surface area contributed by atoms with Gasteiger partial charge >= 0.3 is 0 Å². The monoisotopic (exact) mass is 343 g/mol. The maximum absolute atomic E-state index is 13.0. The van der Waals surface area contributed by atoms with Crippen LogP contribution in [0.3, 0.4) is 0 Å². The Hall–Kier alpha value is -3.03. The molecule has 1 aliphatic rings. The second-order valence-corrected chi connectivity index (χ2v) is 6.09. The molecule has 1 heterocycles. The first kappa shape index (κ1) is 16.8. The number of nitrogens with two attached hydrogens (primary N) is 1. The van der Waals surface area contributed by atoms with Crippen molar-refractivity contribution >= 4 is 29.4 Å². The molecule has 0 bridgehead atoms. The molecule has 0 radical (unpaired) electrons. The zero-order chi connectivity index (χ0) is 18.0. The highest BCUT2D eigenvalue weighted by Gasteiger charge is 2.28. The van der Waals surface area contributed by atoms with E-state index >= 15 is 0 Å². The lowest BCUT2D eigenvalue weighted by atomic mass is 9.85. The largest absolute Gasteiger partial charge is 0.365 e. The topological polar surface area (TPSA) is 114 Å². The molecule has 25 heavy (non-hydrogen) atoms. The van der Waals surface area contributed by atoms with Crippen molar-refractivity contribution in [2.75, 3.05) is 5.32 Å². The molecule has 3 rings (SSSR count). The maximum atomic E-state index is 13.0. The minimum atomic E-state index is -0.649. The van der Waals surface area contributed by atoms with E-state index in [1.165, 1.54) is 35.1 Å². The van der Waals surface area contributed by atoms with Gasteiger partial charge in [-0.3, -0.25) is 9.48 Å². The minimum absolute atomic E-state index is 0.133. The van der Waals surface area contributed by atoms with Crippen LogP contribution < -0.4 is 11.1 Å². The van der Waals surface area contributed by atoms with Gasteiger partial charge in [-0.15, -0.1) is 0 Å². The van der Waals surface area contributed by atoms with E-state index in [0.29, 0.717) is 30.7 Å². The predicted octanol–water partition coefficient (Wildman–Crippen LogP) is 2.42. The van der Waals surface area contributed by atoms with E-state index in [1.54, 1.807) is 0 Å². The summed E-state index contributed by atoms with van der Waals surface area (Å²) < 4.78 is 14.6. The lowest BCUT2D eigenvalue weighted by Gasteiger charge is -2.26. The fourth-order valence-electron chi connectivity index (χ4n) is 2.97. The summed E-state index contributed by atoms with van der Waals surface area (Å²) >= 11 is 0. The number of amides is 1. The van der Waals surface area contributed by atoms with E-state index in [9.17, 15) is 14.0 Å². The van der Waals surface area contributed by atoms with Gasteiger partial charge < -0.3 is 21.3 Å². The summed E-state index contributed by atoms with van der Waals surface area (Å²) in [6.45, 7) is 0. The van der Waals surface area contributed by atoms with Crippen LogP contribution in [0.5, 0.6) is 0 Å². The molecule has 1 fully saturated rings. The third kappa shape index (κ3) is 3.57. The van der Waals surface area contributed by atoms with Gasteiger partial charge in [-0.2, -0.15) is 5.10 Å². The summed E-state index contributed by atoms with van der Waals surface area (Å²) in [6, 6.07) is 5.32. The van der Waals surface area contributed by atoms with Crippen LogP contribution in [0, 0.1) is 17.1 Å². The van der Waals surface area contributed by atoms with Gasteiger partial charge in [0.2, 0.25) is 0 Å². The Bertz CT molecular complexity index is 815. The summed E-state index contributed by atoms with van der Waals surface area (Å²) in [5, 5.41) is 15.5. The molecule has 1 aromatic carbocycles. The molecule has 1 saturated carbocycles. The van der Waals surface area contributed by atoms with E-state index in [0.717, 1.165) is 6.29 Å². The molecule has 2 atom stereocenters. The third-order valence-corrected chi connectivity index (χ3v) is 4.31. The molecule has 0 spiro atoms.